The van der Waals surface area contributed by atoms with Crippen molar-refractivity contribution in [2.45, 2.75) is 44.3 Å². The molecule has 0 bridgehead atoms. The zero-order chi connectivity index (χ0) is 12.4. The fraction of sp³-hybridized carbons (Fsp3) is 1.00. The first-order valence-corrected chi connectivity index (χ1v) is 7.61. The minimum absolute atomic E-state index is 0.604. The number of nitrogens with zero attached hydrogens (tertiary/aromatic N) is 2. The second-order valence-electron chi connectivity index (χ2n) is 6.19. The van der Waals surface area contributed by atoms with Crippen molar-refractivity contribution in [3.63, 3.8) is 0 Å². The van der Waals surface area contributed by atoms with Crippen molar-refractivity contribution in [2.24, 2.45) is 0 Å². The van der Waals surface area contributed by atoms with E-state index in [1.807, 2.05) is 0 Å². The van der Waals surface area contributed by atoms with Gasteiger partial charge in [0.2, 0.25) is 0 Å². The fourth-order valence-corrected chi connectivity index (χ4v) is 3.32. The van der Waals surface area contributed by atoms with Gasteiger partial charge in [-0.15, -0.1) is 0 Å². The molecule has 104 valence electrons. The van der Waals surface area contributed by atoms with E-state index in [1.165, 1.54) is 38.9 Å². The Morgan fingerprint density at radius 2 is 1.94 bits per heavy atom. The van der Waals surface area contributed by atoms with Gasteiger partial charge in [-0.05, 0) is 26.2 Å². The van der Waals surface area contributed by atoms with E-state index >= 15 is 0 Å². The fourth-order valence-electron chi connectivity index (χ4n) is 3.32. The van der Waals surface area contributed by atoms with Crippen LogP contribution in [0.25, 0.3) is 0 Å². The molecule has 2 heterocycles. The third kappa shape index (κ3) is 3.44. The summed E-state index contributed by atoms with van der Waals surface area (Å²) in [6.07, 6.45) is 4.22. The predicted octanol–water partition coefficient (Wildman–Crippen LogP) is 0.533. The average Bonchev–Trinajstić information content (AvgIpc) is 3.12. The van der Waals surface area contributed by atoms with Gasteiger partial charge < -0.3 is 10.1 Å². The number of morpholine rings is 1. The van der Waals surface area contributed by atoms with Crippen LogP contribution in [0.15, 0.2) is 0 Å². The van der Waals surface area contributed by atoms with Crippen LogP contribution in [-0.2, 0) is 4.74 Å². The minimum atomic E-state index is 0.604. The van der Waals surface area contributed by atoms with Crippen LogP contribution in [-0.4, -0.2) is 73.9 Å². The molecule has 18 heavy (non-hydrogen) atoms. The zero-order valence-corrected chi connectivity index (χ0v) is 11.6. The highest BCUT2D eigenvalue weighted by Gasteiger charge is 2.34. The van der Waals surface area contributed by atoms with E-state index in [1.54, 1.807) is 0 Å². The molecule has 2 saturated heterocycles. The summed E-state index contributed by atoms with van der Waals surface area (Å²) in [5, 5.41) is 3.81. The number of nitrogens with one attached hydrogen (secondary N) is 1. The maximum absolute atomic E-state index is 5.39. The van der Waals surface area contributed by atoms with Crippen LogP contribution in [0.1, 0.15) is 26.2 Å². The Balaban J connectivity index is 1.36. The molecule has 0 amide bonds. The van der Waals surface area contributed by atoms with E-state index in [2.05, 4.69) is 22.0 Å². The zero-order valence-electron chi connectivity index (χ0n) is 11.6. The Kier molecular flexibility index (Phi) is 4.19. The van der Waals surface area contributed by atoms with Gasteiger partial charge in [-0.2, -0.15) is 0 Å². The maximum Gasteiger partial charge on any atom is 0.0594 e. The topological polar surface area (TPSA) is 27.7 Å². The third-order valence-electron chi connectivity index (χ3n) is 4.44. The highest BCUT2D eigenvalue weighted by atomic mass is 16.5. The Bertz CT molecular complexity index is 264. The molecule has 3 rings (SSSR count). The van der Waals surface area contributed by atoms with Gasteiger partial charge in [0, 0.05) is 50.8 Å². The molecule has 3 aliphatic rings. The summed E-state index contributed by atoms with van der Waals surface area (Å²) in [4.78, 5) is 5.20. The molecule has 1 N–H and O–H groups in total. The Labute approximate surface area is 111 Å². The first kappa shape index (κ1) is 12.9. The summed E-state index contributed by atoms with van der Waals surface area (Å²) in [6, 6.07) is 2.26. The minimum Gasteiger partial charge on any atom is -0.379 e. The summed E-state index contributed by atoms with van der Waals surface area (Å²) in [5.74, 6) is 0. The Hall–Kier alpha value is -0.160. The number of likely N-dealkylation sites (tertiary alicyclic amines) is 1. The molecule has 0 aromatic rings. The Morgan fingerprint density at radius 1 is 1.17 bits per heavy atom. The molecule has 1 saturated carbocycles. The van der Waals surface area contributed by atoms with Gasteiger partial charge in [-0.1, -0.05) is 0 Å². The number of rotatable bonds is 5. The lowest BCUT2D eigenvalue weighted by molar-refractivity contribution is 0.0339. The van der Waals surface area contributed by atoms with Crippen molar-refractivity contribution in [3.05, 3.63) is 0 Å². The molecule has 2 atom stereocenters. The molecule has 1 aliphatic carbocycles. The van der Waals surface area contributed by atoms with E-state index in [4.69, 9.17) is 4.74 Å². The lowest BCUT2D eigenvalue weighted by Crippen LogP contribution is -2.47. The number of hydrogen-bond acceptors (Lipinski definition) is 4. The van der Waals surface area contributed by atoms with Crippen LogP contribution in [0, 0.1) is 0 Å². The van der Waals surface area contributed by atoms with Gasteiger partial charge in [0.25, 0.3) is 0 Å². The van der Waals surface area contributed by atoms with E-state index in [0.29, 0.717) is 6.04 Å². The molecule has 0 aromatic carbocycles. The van der Waals surface area contributed by atoms with Gasteiger partial charge in [-0.3, -0.25) is 9.80 Å². The van der Waals surface area contributed by atoms with E-state index in [0.717, 1.165) is 38.4 Å². The molecule has 2 unspecified atom stereocenters. The van der Waals surface area contributed by atoms with Gasteiger partial charge in [0.15, 0.2) is 0 Å². The molecule has 4 nitrogen and oxygen atoms in total. The lowest BCUT2D eigenvalue weighted by atomic mass is 10.2. The van der Waals surface area contributed by atoms with Crippen molar-refractivity contribution >= 4 is 0 Å². The second-order valence-corrected chi connectivity index (χ2v) is 6.19. The molecule has 0 spiro atoms. The standard InChI is InChI=1S/C14H27N3O/c1-12(10-16-6-8-18-9-7-16)15-13-4-5-17(11-13)14-2-3-14/h12-15H,2-11H2,1H3. The average molecular weight is 253 g/mol. The van der Waals surface area contributed by atoms with Gasteiger partial charge in [0.05, 0.1) is 13.2 Å². The monoisotopic (exact) mass is 253 g/mol. The SMILES string of the molecule is CC(CN1CCOCC1)NC1CCN(C2CC2)C1. The molecule has 0 radical (unpaired) electrons. The van der Waals surface area contributed by atoms with E-state index < -0.39 is 0 Å². The van der Waals surface area contributed by atoms with Gasteiger partial charge >= 0.3 is 0 Å². The molecular weight excluding hydrogens is 226 g/mol. The van der Waals surface area contributed by atoms with Gasteiger partial charge in [0.1, 0.15) is 0 Å². The predicted molar refractivity (Wildman–Crippen MR) is 72.9 cm³/mol. The molecular formula is C14H27N3O. The number of ether oxygens (including phenoxy) is 1. The van der Waals surface area contributed by atoms with Crippen molar-refractivity contribution in [1.82, 2.24) is 15.1 Å². The van der Waals surface area contributed by atoms with E-state index in [-0.39, 0.29) is 0 Å². The third-order valence-corrected chi connectivity index (χ3v) is 4.44. The van der Waals surface area contributed by atoms with Crippen LogP contribution >= 0.6 is 0 Å². The lowest BCUT2D eigenvalue weighted by Gasteiger charge is -2.30. The molecule has 2 aliphatic heterocycles. The van der Waals surface area contributed by atoms with Crippen LogP contribution in [0.3, 0.4) is 0 Å². The normalized spacial score (nSPS) is 32.8. The second kappa shape index (κ2) is 5.87. The van der Waals surface area contributed by atoms with E-state index in [9.17, 15) is 0 Å². The summed E-state index contributed by atoms with van der Waals surface area (Å²) in [5.41, 5.74) is 0. The highest BCUT2D eigenvalue weighted by Crippen LogP contribution is 2.29. The first-order chi connectivity index (χ1) is 8.81. The summed E-state index contributed by atoms with van der Waals surface area (Å²) < 4.78 is 5.39. The van der Waals surface area contributed by atoms with Crippen LogP contribution in [0.4, 0.5) is 0 Å². The summed E-state index contributed by atoms with van der Waals surface area (Å²) >= 11 is 0. The Morgan fingerprint density at radius 3 is 2.67 bits per heavy atom. The van der Waals surface area contributed by atoms with Gasteiger partial charge in [-0.25, -0.2) is 0 Å². The smallest absolute Gasteiger partial charge is 0.0594 e. The van der Waals surface area contributed by atoms with Crippen LogP contribution in [0.2, 0.25) is 0 Å². The van der Waals surface area contributed by atoms with Crippen LogP contribution in [0.5, 0.6) is 0 Å². The summed E-state index contributed by atoms with van der Waals surface area (Å²) in [7, 11) is 0. The summed E-state index contributed by atoms with van der Waals surface area (Å²) in [6.45, 7) is 10.1. The first-order valence-electron chi connectivity index (χ1n) is 7.61. The van der Waals surface area contributed by atoms with Crippen LogP contribution < -0.4 is 5.32 Å². The van der Waals surface area contributed by atoms with Crippen molar-refractivity contribution < 1.29 is 4.74 Å². The molecule has 0 aromatic heterocycles. The van der Waals surface area contributed by atoms with Crippen molar-refractivity contribution in [2.75, 3.05) is 45.9 Å². The largest absolute Gasteiger partial charge is 0.379 e. The quantitative estimate of drug-likeness (QED) is 0.774. The maximum atomic E-state index is 5.39. The van der Waals surface area contributed by atoms with Crippen molar-refractivity contribution in [3.8, 4) is 0 Å². The molecule has 3 fully saturated rings. The highest BCUT2D eigenvalue weighted by molar-refractivity contribution is 4.92. The number of hydrogen-bond donors (Lipinski definition) is 1. The molecule has 4 heteroatoms. The van der Waals surface area contributed by atoms with Crippen molar-refractivity contribution in [1.29, 1.82) is 0 Å².